The van der Waals surface area contributed by atoms with Crippen molar-refractivity contribution in [1.82, 2.24) is 0 Å². The molecule has 5 heteroatoms. The SMILES string of the molecule is C=C(C)C1C2OC2C2C3(C)CCC(C(C)CCC=C(C)C(=O)O)C3(C)CCC23CC13CCC(=O)O. The lowest BCUT2D eigenvalue weighted by molar-refractivity contribution is -0.139. The van der Waals surface area contributed by atoms with E-state index in [1.807, 2.05) is 6.08 Å². The molecule has 0 bridgehead atoms. The molecule has 0 aromatic heterocycles. The number of carboxylic acid groups (broad SMARTS) is 2. The van der Waals surface area contributed by atoms with Gasteiger partial charge in [-0.1, -0.05) is 39.0 Å². The monoisotopic (exact) mass is 484 g/mol. The maximum atomic E-state index is 11.6. The zero-order chi connectivity index (χ0) is 25.6. The molecule has 5 rings (SSSR count). The molecule has 0 aromatic rings. The highest BCUT2D eigenvalue weighted by Gasteiger charge is 2.86. The topological polar surface area (TPSA) is 87.1 Å². The van der Waals surface area contributed by atoms with Crippen molar-refractivity contribution >= 4 is 11.9 Å². The van der Waals surface area contributed by atoms with Gasteiger partial charge in [0, 0.05) is 17.9 Å². The number of fused-ring (bicyclic) bond motifs is 4. The molecule has 1 spiro atoms. The molecule has 4 saturated carbocycles. The normalized spacial score (nSPS) is 48.1. The molecular formula is C30H44O5. The maximum absolute atomic E-state index is 11.6. The standard InChI is InChI=1S/C30H44O5/c1-17(2)22-23-24(35-23)25-28(6)12-10-20(18(3)8-7-9-19(4)26(33)34)27(28,5)14-15-30(25)16-29(22,30)13-11-21(31)32/h9,18,20,22-25H,1,7-8,10-16H2,2-6H3,(H,31,32)(H,33,34). The summed E-state index contributed by atoms with van der Waals surface area (Å²) in [5.74, 6) is 0.479. The smallest absolute Gasteiger partial charge is 0.330 e. The summed E-state index contributed by atoms with van der Waals surface area (Å²) in [6.07, 6.45) is 11.2. The van der Waals surface area contributed by atoms with E-state index in [2.05, 4.69) is 34.3 Å². The average molecular weight is 485 g/mol. The summed E-state index contributed by atoms with van der Waals surface area (Å²) in [4.78, 5) is 22.8. The van der Waals surface area contributed by atoms with Gasteiger partial charge < -0.3 is 14.9 Å². The van der Waals surface area contributed by atoms with Crippen molar-refractivity contribution in [3.63, 3.8) is 0 Å². The third-order valence-electron chi connectivity index (χ3n) is 12.2. The average Bonchev–Trinajstić information content (AvgIpc) is 3.64. The van der Waals surface area contributed by atoms with Crippen LogP contribution in [-0.2, 0) is 14.3 Å². The van der Waals surface area contributed by atoms with Crippen molar-refractivity contribution in [2.75, 3.05) is 0 Å². The minimum absolute atomic E-state index is 0.0484. The number of ether oxygens (including phenoxy) is 1. The fourth-order valence-electron chi connectivity index (χ4n) is 10.4. The second-order valence-corrected chi connectivity index (χ2v) is 13.5. The molecule has 0 amide bonds. The Morgan fingerprint density at radius 2 is 1.83 bits per heavy atom. The van der Waals surface area contributed by atoms with Gasteiger partial charge in [0.25, 0.3) is 0 Å². The van der Waals surface area contributed by atoms with Gasteiger partial charge in [0.05, 0.1) is 12.2 Å². The quantitative estimate of drug-likeness (QED) is 0.222. The lowest BCUT2D eigenvalue weighted by atomic mass is 9.43. The van der Waals surface area contributed by atoms with E-state index < -0.39 is 11.9 Å². The van der Waals surface area contributed by atoms with Crippen molar-refractivity contribution in [2.45, 2.75) is 105 Å². The van der Waals surface area contributed by atoms with E-state index in [9.17, 15) is 19.8 Å². The molecule has 5 fully saturated rings. The Morgan fingerprint density at radius 3 is 2.46 bits per heavy atom. The van der Waals surface area contributed by atoms with Crippen LogP contribution in [0.1, 0.15) is 92.4 Å². The van der Waals surface area contributed by atoms with Crippen LogP contribution < -0.4 is 0 Å². The van der Waals surface area contributed by atoms with Gasteiger partial charge in [-0.3, -0.25) is 4.79 Å². The van der Waals surface area contributed by atoms with Gasteiger partial charge in [-0.15, -0.1) is 0 Å². The molecule has 0 aromatic carbocycles. The summed E-state index contributed by atoms with van der Waals surface area (Å²) in [6.45, 7) is 15.6. The number of aliphatic carboxylic acids is 2. The van der Waals surface area contributed by atoms with Crippen molar-refractivity contribution in [2.24, 2.45) is 45.3 Å². The zero-order valence-corrected chi connectivity index (χ0v) is 22.2. The molecule has 35 heavy (non-hydrogen) atoms. The highest BCUT2D eigenvalue weighted by molar-refractivity contribution is 5.85. The third-order valence-corrected chi connectivity index (χ3v) is 12.2. The Bertz CT molecular complexity index is 983. The van der Waals surface area contributed by atoms with Gasteiger partial charge in [0.1, 0.15) is 0 Å². The predicted octanol–water partition coefficient (Wildman–Crippen LogP) is 6.48. The lowest BCUT2D eigenvalue weighted by Gasteiger charge is -2.60. The summed E-state index contributed by atoms with van der Waals surface area (Å²) in [6, 6.07) is 0. The summed E-state index contributed by atoms with van der Waals surface area (Å²) in [5.41, 5.74) is 2.31. The van der Waals surface area contributed by atoms with Gasteiger partial charge >= 0.3 is 11.9 Å². The first-order valence-electron chi connectivity index (χ1n) is 13.8. The molecule has 10 unspecified atom stereocenters. The molecule has 1 aliphatic heterocycles. The number of carbonyl (C=O) groups is 2. The van der Waals surface area contributed by atoms with E-state index in [0.29, 0.717) is 35.3 Å². The number of rotatable bonds is 9. The van der Waals surface area contributed by atoms with E-state index in [0.717, 1.165) is 25.7 Å². The van der Waals surface area contributed by atoms with Crippen LogP contribution >= 0.6 is 0 Å². The number of hydrogen-bond acceptors (Lipinski definition) is 3. The van der Waals surface area contributed by atoms with E-state index in [4.69, 9.17) is 4.74 Å². The molecule has 10 atom stereocenters. The Morgan fingerprint density at radius 1 is 1.11 bits per heavy atom. The van der Waals surface area contributed by atoms with Gasteiger partial charge in [0.15, 0.2) is 0 Å². The molecule has 5 nitrogen and oxygen atoms in total. The molecule has 194 valence electrons. The van der Waals surface area contributed by atoms with E-state index in [1.54, 1.807) is 6.92 Å². The van der Waals surface area contributed by atoms with Crippen LogP contribution in [-0.4, -0.2) is 34.4 Å². The Balaban J connectivity index is 1.41. The van der Waals surface area contributed by atoms with Crippen LogP contribution in [0.5, 0.6) is 0 Å². The van der Waals surface area contributed by atoms with Gasteiger partial charge in [-0.2, -0.15) is 0 Å². The highest BCUT2D eigenvalue weighted by atomic mass is 16.6. The highest BCUT2D eigenvalue weighted by Crippen LogP contribution is 2.89. The minimum Gasteiger partial charge on any atom is -0.481 e. The second kappa shape index (κ2) is 7.94. The maximum Gasteiger partial charge on any atom is 0.330 e. The van der Waals surface area contributed by atoms with Gasteiger partial charge in [0.2, 0.25) is 0 Å². The van der Waals surface area contributed by atoms with Crippen LogP contribution in [0.3, 0.4) is 0 Å². The molecule has 4 aliphatic carbocycles. The number of carboxylic acids is 2. The first-order chi connectivity index (χ1) is 16.3. The van der Waals surface area contributed by atoms with Crippen molar-refractivity contribution < 1.29 is 24.5 Å². The fourth-order valence-corrected chi connectivity index (χ4v) is 10.4. The van der Waals surface area contributed by atoms with E-state index in [-0.39, 0.29) is 34.2 Å². The zero-order valence-electron chi connectivity index (χ0n) is 22.2. The van der Waals surface area contributed by atoms with Crippen molar-refractivity contribution in [3.8, 4) is 0 Å². The summed E-state index contributed by atoms with van der Waals surface area (Å²) >= 11 is 0. The summed E-state index contributed by atoms with van der Waals surface area (Å²) < 4.78 is 6.50. The molecule has 5 aliphatic rings. The second-order valence-electron chi connectivity index (χ2n) is 13.5. The molecule has 1 saturated heterocycles. The largest absolute Gasteiger partial charge is 0.481 e. The lowest BCUT2D eigenvalue weighted by Crippen LogP contribution is -2.57. The molecule has 1 heterocycles. The molecular weight excluding hydrogens is 440 g/mol. The first-order valence-corrected chi connectivity index (χ1v) is 13.8. The van der Waals surface area contributed by atoms with E-state index in [1.165, 1.54) is 31.3 Å². The molecule has 2 N–H and O–H groups in total. The summed E-state index contributed by atoms with van der Waals surface area (Å²) in [7, 11) is 0. The Kier molecular flexibility index (Phi) is 5.68. The summed E-state index contributed by atoms with van der Waals surface area (Å²) in [5, 5.41) is 18.7. The van der Waals surface area contributed by atoms with Crippen LogP contribution in [0.4, 0.5) is 0 Å². The number of hydrogen-bond donors (Lipinski definition) is 2. The third kappa shape index (κ3) is 3.29. The van der Waals surface area contributed by atoms with Crippen LogP contribution in [0, 0.1) is 45.3 Å². The number of allylic oxidation sites excluding steroid dienone is 1. The van der Waals surface area contributed by atoms with Gasteiger partial charge in [-0.05, 0) is 105 Å². The fraction of sp³-hybridized carbons (Fsp3) is 0.800. The van der Waals surface area contributed by atoms with Crippen LogP contribution in [0.25, 0.3) is 0 Å². The van der Waals surface area contributed by atoms with Crippen molar-refractivity contribution in [1.29, 1.82) is 0 Å². The Labute approximate surface area is 210 Å². The number of epoxide rings is 1. The van der Waals surface area contributed by atoms with E-state index >= 15 is 0 Å². The first kappa shape index (κ1) is 25.0. The predicted molar refractivity (Wildman–Crippen MR) is 135 cm³/mol. The van der Waals surface area contributed by atoms with Gasteiger partial charge in [-0.25, -0.2) is 4.79 Å². The van der Waals surface area contributed by atoms with Crippen molar-refractivity contribution in [3.05, 3.63) is 23.8 Å². The van der Waals surface area contributed by atoms with Crippen LogP contribution in [0.15, 0.2) is 23.8 Å². The molecule has 0 radical (unpaired) electrons. The minimum atomic E-state index is -0.823. The Hall–Kier alpha value is -1.62. The van der Waals surface area contributed by atoms with Crippen LogP contribution in [0.2, 0.25) is 0 Å².